The molecule has 5 nitrogen and oxygen atoms in total. The summed E-state index contributed by atoms with van der Waals surface area (Å²) in [5, 5.41) is 2.99. The SMILES string of the molecule is CC(CC(=O)Nc1cccc(S(=O)(=O)Nc2ccccc2Cl)c1)c1ccc(F)cc1. The summed E-state index contributed by atoms with van der Waals surface area (Å²) in [6.07, 6.45) is 0.167. The number of nitrogens with one attached hydrogen (secondary N) is 2. The molecular weight excluding hydrogens is 427 g/mol. The first-order valence-electron chi connectivity index (χ1n) is 9.17. The average molecular weight is 447 g/mol. The van der Waals surface area contributed by atoms with Crippen LogP contribution in [0.1, 0.15) is 24.8 Å². The van der Waals surface area contributed by atoms with Gasteiger partial charge in [-0.25, -0.2) is 12.8 Å². The van der Waals surface area contributed by atoms with Gasteiger partial charge in [-0.05, 0) is 53.9 Å². The topological polar surface area (TPSA) is 75.3 Å². The number of hydrogen-bond donors (Lipinski definition) is 2. The number of rotatable bonds is 7. The Morgan fingerprint density at radius 1 is 1.03 bits per heavy atom. The summed E-state index contributed by atoms with van der Waals surface area (Å²) in [5.74, 6) is -0.737. The van der Waals surface area contributed by atoms with Gasteiger partial charge in [-0.15, -0.1) is 0 Å². The maximum Gasteiger partial charge on any atom is 0.262 e. The predicted molar refractivity (Wildman–Crippen MR) is 117 cm³/mol. The Bertz CT molecular complexity index is 1150. The summed E-state index contributed by atoms with van der Waals surface area (Å²) in [7, 11) is -3.89. The summed E-state index contributed by atoms with van der Waals surface area (Å²) in [4.78, 5) is 12.4. The molecule has 0 saturated heterocycles. The van der Waals surface area contributed by atoms with Crippen LogP contribution in [0.3, 0.4) is 0 Å². The van der Waals surface area contributed by atoms with Crippen LogP contribution in [0.5, 0.6) is 0 Å². The molecule has 3 rings (SSSR count). The number of anilines is 2. The van der Waals surface area contributed by atoms with Crippen LogP contribution in [0.2, 0.25) is 5.02 Å². The summed E-state index contributed by atoms with van der Waals surface area (Å²) in [5.41, 5.74) is 1.46. The first kappa shape index (κ1) is 21.8. The van der Waals surface area contributed by atoms with Crippen molar-refractivity contribution in [2.45, 2.75) is 24.2 Å². The van der Waals surface area contributed by atoms with Crippen LogP contribution < -0.4 is 10.0 Å². The highest BCUT2D eigenvalue weighted by Gasteiger charge is 2.17. The fourth-order valence-electron chi connectivity index (χ4n) is 2.89. The quantitative estimate of drug-likeness (QED) is 0.509. The molecule has 156 valence electrons. The van der Waals surface area contributed by atoms with Gasteiger partial charge in [0.1, 0.15) is 5.82 Å². The van der Waals surface area contributed by atoms with Crippen molar-refractivity contribution in [1.29, 1.82) is 0 Å². The van der Waals surface area contributed by atoms with Crippen LogP contribution in [0, 0.1) is 5.82 Å². The standard InChI is InChI=1S/C22H20ClFN2O3S/c1-15(16-9-11-17(24)12-10-16)13-22(27)25-18-5-4-6-19(14-18)30(28,29)26-21-8-3-2-7-20(21)23/h2-12,14-15,26H,13H2,1H3,(H,25,27). The number of halogens is 2. The lowest BCUT2D eigenvalue weighted by Crippen LogP contribution is -2.16. The Hall–Kier alpha value is -2.90. The lowest BCUT2D eigenvalue weighted by molar-refractivity contribution is -0.116. The van der Waals surface area contributed by atoms with Crippen molar-refractivity contribution >= 4 is 38.9 Å². The van der Waals surface area contributed by atoms with E-state index < -0.39 is 10.0 Å². The number of carbonyl (C=O) groups is 1. The van der Waals surface area contributed by atoms with E-state index in [1.165, 1.54) is 24.3 Å². The number of para-hydroxylation sites is 1. The van der Waals surface area contributed by atoms with Crippen LogP contribution in [0.25, 0.3) is 0 Å². The fourth-order valence-corrected chi connectivity index (χ4v) is 4.25. The molecule has 0 radical (unpaired) electrons. The van der Waals surface area contributed by atoms with E-state index in [0.717, 1.165) is 5.56 Å². The van der Waals surface area contributed by atoms with E-state index in [2.05, 4.69) is 10.0 Å². The van der Waals surface area contributed by atoms with Gasteiger partial charge in [-0.1, -0.05) is 48.9 Å². The molecule has 3 aromatic carbocycles. The molecule has 0 fully saturated rings. The highest BCUT2D eigenvalue weighted by atomic mass is 35.5. The summed E-state index contributed by atoms with van der Waals surface area (Å²) < 4.78 is 40.8. The van der Waals surface area contributed by atoms with Crippen molar-refractivity contribution in [3.63, 3.8) is 0 Å². The lowest BCUT2D eigenvalue weighted by atomic mass is 9.97. The van der Waals surface area contributed by atoms with Crippen LogP contribution >= 0.6 is 11.6 Å². The highest BCUT2D eigenvalue weighted by Crippen LogP contribution is 2.25. The molecule has 2 N–H and O–H groups in total. The molecule has 0 aliphatic heterocycles. The zero-order valence-electron chi connectivity index (χ0n) is 16.1. The van der Waals surface area contributed by atoms with Crippen molar-refractivity contribution in [3.8, 4) is 0 Å². The maximum atomic E-state index is 13.1. The van der Waals surface area contributed by atoms with Crippen molar-refractivity contribution in [2.75, 3.05) is 10.0 Å². The van der Waals surface area contributed by atoms with Gasteiger partial charge >= 0.3 is 0 Å². The van der Waals surface area contributed by atoms with Crippen molar-refractivity contribution in [1.82, 2.24) is 0 Å². The monoisotopic (exact) mass is 446 g/mol. The molecule has 1 atom stereocenters. The second kappa shape index (κ2) is 9.28. The third-order valence-corrected chi connectivity index (χ3v) is 6.17. The van der Waals surface area contributed by atoms with Crippen LogP contribution in [0.4, 0.5) is 15.8 Å². The molecule has 30 heavy (non-hydrogen) atoms. The molecule has 0 aliphatic carbocycles. The second-order valence-electron chi connectivity index (χ2n) is 6.82. The Balaban J connectivity index is 1.69. The van der Waals surface area contributed by atoms with Gasteiger partial charge in [0.2, 0.25) is 5.91 Å². The van der Waals surface area contributed by atoms with Crippen molar-refractivity contribution in [2.24, 2.45) is 0 Å². The molecule has 1 amide bonds. The Kier molecular flexibility index (Phi) is 6.74. The molecule has 0 heterocycles. The Labute approximate surface area is 179 Å². The molecule has 0 spiro atoms. The van der Waals surface area contributed by atoms with Gasteiger partial charge in [0.25, 0.3) is 10.0 Å². The molecule has 0 bridgehead atoms. The third kappa shape index (κ3) is 5.58. The molecule has 0 saturated carbocycles. The summed E-state index contributed by atoms with van der Waals surface area (Å²) in [6.45, 7) is 1.86. The fraction of sp³-hybridized carbons (Fsp3) is 0.136. The molecule has 8 heteroatoms. The zero-order chi connectivity index (χ0) is 21.7. The first-order valence-corrected chi connectivity index (χ1v) is 11.0. The summed E-state index contributed by atoms with van der Waals surface area (Å²) >= 11 is 6.02. The second-order valence-corrected chi connectivity index (χ2v) is 8.91. The summed E-state index contributed by atoms with van der Waals surface area (Å²) in [6, 6.07) is 18.4. The molecule has 0 aromatic heterocycles. The minimum absolute atomic E-state index is 0.00759. The number of amides is 1. The number of benzene rings is 3. The van der Waals surface area contributed by atoms with E-state index in [1.54, 1.807) is 48.5 Å². The van der Waals surface area contributed by atoms with E-state index in [-0.39, 0.29) is 39.7 Å². The molecule has 1 unspecified atom stereocenters. The smallest absolute Gasteiger partial charge is 0.262 e. The van der Waals surface area contributed by atoms with Gasteiger partial charge in [0.15, 0.2) is 0 Å². The average Bonchev–Trinajstić information content (AvgIpc) is 2.70. The Morgan fingerprint density at radius 3 is 2.43 bits per heavy atom. The minimum Gasteiger partial charge on any atom is -0.326 e. The minimum atomic E-state index is -3.89. The van der Waals surface area contributed by atoms with E-state index >= 15 is 0 Å². The zero-order valence-corrected chi connectivity index (χ0v) is 17.7. The number of carbonyl (C=O) groups excluding carboxylic acids is 1. The van der Waals surface area contributed by atoms with E-state index in [0.29, 0.717) is 5.69 Å². The maximum absolute atomic E-state index is 13.1. The van der Waals surface area contributed by atoms with Gasteiger partial charge in [-0.2, -0.15) is 0 Å². The highest BCUT2D eigenvalue weighted by molar-refractivity contribution is 7.92. The van der Waals surface area contributed by atoms with Gasteiger partial charge < -0.3 is 5.32 Å². The number of hydrogen-bond acceptors (Lipinski definition) is 3. The van der Waals surface area contributed by atoms with Crippen molar-refractivity contribution < 1.29 is 17.6 Å². The van der Waals surface area contributed by atoms with Gasteiger partial charge in [0.05, 0.1) is 15.6 Å². The normalized spacial score (nSPS) is 12.2. The molecule has 3 aromatic rings. The van der Waals surface area contributed by atoms with E-state index in [9.17, 15) is 17.6 Å². The van der Waals surface area contributed by atoms with Gasteiger partial charge in [-0.3, -0.25) is 9.52 Å². The third-order valence-electron chi connectivity index (χ3n) is 4.48. The van der Waals surface area contributed by atoms with Crippen LogP contribution in [0.15, 0.2) is 77.7 Å². The van der Waals surface area contributed by atoms with Gasteiger partial charge in [0, 0.05) is 12.1 Å². The predicted octanol–water partition coefficient (Wildman–Crippen LogP) is 5.41. The van der Waals surface area contributed by atoms with Crippen LogP contribution in [-0.2, 0) is 14.8 Å². The van der Waals surface area contributed by atoms with E-state index in [4.69, 9.17) is 11.6 Å². The largest absolute Gasteiger partial charge is 0.326 e. The van der Waals surface area contributed by atoms with Crippen LogP contribution in [-0.4, -0.2) is 14.3 Å². The van der Waals surface area contributed by atoms with Crippen molar-refractivity contribution in [3.05, 3.63) is 89.2 Å². The van der Waals surface area contributed by atoms with E-state index in [1.807, 2.05) is 6.92 Å². The first-order chi connectivity index (χ1) is 14.2. The molecular formula is C22H20ClFN2O3S. The molecule has 0 aliphatic rings. The number of sulfonamides is 1. The lowest BCUT2D eigenvalue weighted by Gasteiger charge is -2.13. The Morgan fingerprint density at radius 2 is 1.73 bits per heavy atom.